The zero-order valence-electron chi connectivity index (χ0n) is 15.2. The first-order valence-corrected chi connectivity index (χ1v) is 9.50. The van der Waals surface area contributed by atoms with E-state index in [2.05, 4.69) is 25.2 Å². The molecule has 2 atom stereocenters. The molecule has 1 aliphatic heterocycles. The third-order valence-corrected chi connectivity index (χ3v) is 5.68. The van der Waals surface area contributed by atoms with Crippen molar-refractivity contribution in [2.45, 2.75) is 38.8 Å². The molecule has 9 heteroatoms. The Hall–Kier alpha value is -2.97. The number of anilines is 1. The van der Waals surface area contributed by atoms with E-state index in [0.717, 1.165) is 24.6 Å². The Bertz CT molecular complexity index is 987. The van der Waals surface area contributed by atoms with Crippen LogP contribution in [0.15, 0.2) is 35.6 Å². The van der Waals surface area contributed by atoms with Gasteiger partial charge in [0.25, 0.3) is 0 Å². The second-order valence-electron chi connectivity index (χ2n) is 7.25. The minimum Gasteiger partial charge on any atom is -0.345 e. The van der Waals surface area contributed by atoms with Crippen LogP contribution in [0.5, 0.6) is 0 Å². The topological polar surface area (TPSA) is 97.5 Å². The molecule has 0 bridgehead atoms. The standard InChI is InChI=1S/C18H22N8O/c1-2-24-17(22-23-18(24)27)16-13(12-4-5-12)6-9-25(16)14-10-19-11-15(21-14)26-8-3-7-20-26/h3,7-8,10-13,16H,2,4-6,9H2,1H3,(H,23,27). The Morgan fingerprint density at radius 1 is 1.22 bits per heavy atom. The van der Waals surface area contributed by atoms with Crippen molar-refractivity contribution in [1.82, 2.24) is 34.5 Å². The fourth-order valence-electron chi connectivity index (χ4n) is 4.28. The summed E-state index contributed by atoms with van der Waals surface area (Å²) in [4.78, 5) is 23.6. The van der Waals surface area contributed by atoms with Crippen LogP contribution in [0, 0.1) is 11.8 Å². The van der Waals surface area contributed by atoms with Crippen LogP contribution in [0.3, 0.4) is 0 Å². The molecule has 1 aliphatic carbocycles. The number of rotatable bonds is 5. The van der Waals surface area contributed by atoms with Crippen LogP contribution in [0.25, 0.3) is 5.82 Å². The van der Waals surface area contributed by atoms with Gasteiger partial charge in [-0.2, -0.15) is 10.2 Å². The number of nitrogens with zero attached hydrogens (tertiary/aromatic N) is 7. The first-order valence-electron chi connectivity index (χ1n) is 9.50. The number of aromatic nitrogens is 7. The zero-order chi connectivity index (χ0) is 18.4. The molecule has 1 saturated carbocycles. The summed E-state index contributed by atoms with van der Waals surface area (Å²) >= 11 is 0. The van der Waals surface area contributed by atoms with Crippen molar-refractivity contribution in [2.24, 2.45) is 11.8 Å². The van der Waals surface area contributed by atoms with Crippen molar-refractivity contribution >= 4 is 5.82 Å². The monoisotopic (exact) mass is 366 g/mol. The van der Waals surface area contributed by atoms with Gasteiger partial charge in [-0.1, -0.05) is 0 Å². The third kappa shape index (κ3) is 2.73. The van der Waals surface area contributed by atoms with Crippen LogP contribution in [0.2, 0.25) is 0 Å². The van der Waals surface area contributed by atoms with Crippen molar-refractivity contribution in [3.05, 3.63) is 47.2 Å². The molecule has 27 heavy (non-hydrogen) atoms. The van der Waals surface area contributed by atoms with Gasteiger partial charge in [0.05, 0.1) is 18.4 Å². The third-order valence-electron chi connectivity index (χ3n) is 5.68. The average Bonchev–Trinajstić information content (AvgIpc) is 3.11. The number of H-pyrrole nitrogens is 1. The summed E-state index contributed by atoms with van der Waals surface area (Å²) in [6, 6.07) is 1.90. The summed E-state index contributed by atoms with van der Waals surface area (Å²) in [7, 11) is 0. The molecule has 9 nitrogen and oxygen atoms in total. The molecule has 2 unspecified atom stereocenters. The molecule has 0 spiro atoms. The highest BCUT2D eigenvalue weighted by Crippen LogP contribution is 2.50. The summed E-state index contributed by atoms with van der Waals surface area (Å²) in [5.41, 5.74) is -0.148. The summed E-state index contributed by atoms with van der Waals surface area (Å²) in [6.07, 6.45) is 10.7. The molecule has 1 saturated heterocycles. The molecule has 0 aromatic carbocycles. The van der Waals surface area contributed by atoms with Gasteiger partial charge in [-0.15, -0.1) is 0 Å². The molecular weight excluding hydrogens is 344 g/mol. The quantitative estimate of drug-likeness (QED) is 0.736. The lowest BCUT2D eigenvalue weighted by atomic mass is 9.94. The average molecular weight is 366 g/mol. The maximum Gasteiger partial charge on any atom is 0.343 e. The number of nitrogens with one attached hydrogen (secondary N) is 1. The van der Waals surface area contributed by atoms with Gasteiger partial charge in [0.15, 0.2) is 11.6 Å². The molecule has 1 N–H and O–H groups in total. The van der Waals surface area contributed by atoms with Crippen LogP contribution in [0.1, 0.15) is 38.1 Å². The minimum atomic E-state index is -0.148. The van der Waals surface area contributed by atoms with E-state index in [1.807, 2.05) is 19.2 Å². The molecule has 5 rings (SSSR count). The van der Waals surface area contributed by atoms with E-state index in [4.69, 9.17) is 4.98 Å². The maximum absolute atomic E-state index is 12.2. The molecule has 2 fully saturated rings. The van der Waals surface area contributed by atoms with Crippen LogP contribution in [-0.2, 0) is 6.54 Å². The van der Waals surface area contributed by atoms with Gasteiger partial charge in [-0.05, 0) is 44.1 Å². The fourth-order valence-corrected chi connectivity index (χ4v) is 4.28. The summed E-state index contributed by atoms with van der Waals surface area (Å²) < 4.78 is 3.44. The molecule has 140 valence electrons. The van der Waals surface area contributed by atoms with Gasteiger partial charge in [-0.3, -0.25) is 9.55 Å². The first-order chi connectivity index (χ1) is 13.3. The highest BCUT2D eigenvalue weighted by Gasteiger charge is 2.46. The van der Waals surface area contributed by atoms with Crippen LogP contribution < -0.4 is 10.6 Å². The lowest BCUT2D eigenvalue weighted by molar-refractivity contribution is 0.401. The van der Waals surface area contributed by atoms with Gasteiger partial charge in [0.1, 0.15) is 5.82 Å². The molecule has 0 radical (unpaired) electrons. The Kier molecular flexibility index (Phi) is 3.80. The minimum absolute atomic E-state index is 0.0403. The fraction of sp³-hybridized carbons (Fsp3) is 0.500. The highest BCUT2D eigenvalue weighted by atomic mass is 16.1. The first kappa shape index (κ1) is 16.2. The summed E-state index contributed by atoms with van der Waals surface area (Å²) in [5.74, 6) is 3.48. The van der Waals surface area contributed by atoms with E-state index in [-0.39, 0.29) is 11.7 Å². The van der Waals surface area contributed by atoms with E-state index in [9.17, 15) is 4.79 Å². The van der Waals surface area contributed by atoms with Crippen LogP contribution in [0.4, 0.5) is 5.82 Å². The molecule has 3 aromatic rings. The summed E-state index contributed by atoms with van der Waals surface area (Å²) in [6.45, 7) is 3.46. The molecular formula is C18H22N8O. The van der Waals surface area contributed by atoms with Gasteiger partial charge < -0.3 is 4.90 Å². The van der Waals surface area contributed by atoms with E-state index in [0.29, 0.717) is 24.2 Å². The lowest BCUT2D eigenvalue weighted by Gasteiger charge is -2.28. The van der Waals surface area contributed by atoms with Gasteiger partial charge in [-0.25, -0.2) is 19.6 Å². The number of hydrogen-bond acceptors (Lipinski definition) is 6. The van der Waals surface area contributed by atoms with Crippen LogP contribution in [-0.4, -0.2) is 41.1 Å². The molecule has 4 heterocycles. The molecule has 2 aliphatic rings. The summed E-state index contributed by atoms with van der Waals surface area (Å²) in [5, 5.41) is 11.3. The largest absolute Gasteiger partial charge is 0.345 e. The Labute approximate surface area is 156 Å². The normalized spacial score (nSPS) is 22.5. The van der Waals surface area contributed by atoms with E-state index in [1.54, 1.807) is 27.8 Å². The zero-order valence-corrected chi connectivity index (χ0v) is 15.2. The predicted octanol–water partition coefficient (Wildman–Crippen LogP) is 1.54. The van der Waals surface area contributed by atoms with Crippen LogP contribution >= 0.6 is 0 Å². The van der Waals surface area contributed by atoms with Gasteiger partial charge >= 0.3 is 5.69 Å². The SMILES string of the molecule is CCn1c(C2C(C3CC3)CCN2c2cncc(-n3cccn3)n2)n[nH]c1=O. The number of aromatic amines is 1. The second-order valence-corrected chi connectivity index (χ2v) is 7.25. The van der Waals surface area contributed by atoms with E-state index >= 15 is 0 Å². The second kappa shape index (κ2) is 6.33. The molecule has 0 amide bonds. The highest BCUT2D eigenvalue weighted by molar-refractivity contribution is 5.43. The van der Waals surface area contributed by atoms with E-state index in [1.165, 1.54) is 12.8 Å². The van der Waals surface area contributed by atoms with Crippen molar-refractivity contribution in [2.75, 3.05) is 11.4 Å². The van der Waals surface area contributed by atoms with Gasteiger partial charge in [0, 0.05) is 25.5 Å². The maximum atomic E-state index is 12.2. The lowest BCUT2D eigenvalue weighted by Crippen LogP contribution is -2.31. The Morgan fingerprint density at radius 3 is 2.81 bits per heavy atom. The van der Waals surface area contributed by atoms with Crippen molar-refractivity contribution in [3.8, 4) is 5.82 Å². The Morgan fingerprint density at radius 2 is 2.07 bits per heavy atom. The van der Waals surface area contributed by atoms with Crippen molar-refractivity contribution < 1.29 is 0 Å². The molecule has 3 aromatic heterocycles. The van der Waals surface area contributed by atoms with Gasteiger partial charge in [0.2, 0.25) is 0 Å². The van der Waals surface area contributed by atoms with Crippen molar-refractivity contribution in [3.63, 3.8) is 0 Å². The van der Waals surface area contributed by atoms with E-state index < -0.39 is 0 Å². The predicted molar refractivity (Wildman–Crippen MR) is 98.6 cm³/mol. The Balaban J connectivity index is 1.56. The smallest absolute Gasteiger partial charge is 0.343 e. The number of hydrogen-bond donors (Lipinski definition) is 1. The van der Waals surface area contributed by atoms with Crippen molar-refractivity contribution in [1.29, 1.82) is 0 Å².